The number of benzene rings is 1. The van der Waals surface area contributed by atoms with Crippen molar-refractivity contribution in [3.8, 4) is 11.4 Å². The van der Waals surface area contributed by atoms with Crippen molar-refractivity contribution in [3.05, 3.63) is 36.2 Å². The molecule has 2 aromatic rings. The maximum absolute atomic E-state index is 12.0. The van der Waals surface area contributed by atoms with Gasteiger partial charge in [0.1, 0.15) is 0 Å². The molecule has 7 heteroatoms. The fourth-order valence-electron chi connectivity index (χ4n) is 3.35. The second kappa shape index (κ2) is 8.91. The standard InChI is InChI=1S/C19H27N5O2/c1-13-16(14(2)23-22-13)9-6-12-20-17(25)10-11-18-21-19(24-26-18)15-7-4-3-5-8-15/h3-5,7-8,13-14,16,22-23H,6,9-12H2,1-2H3,(H,20,25). The van der Waals surface area contributed by atoms with Crippen LogP contribution in [-0.4, -0.2) is 34.7 Å². The van der Waals surface area contributed by atoms with Gasteiger partial charge < -0.3 is 9.84 Å². The van der Waals surface area contributed by atoms with E-state index in [1.165, 1.54) is 0 Å². The third kappa shape index (κ3) is 4.89. The fraction of sp³-hybridized carbons (Fsp3) is 0.526. The maximum Gasteiger partial charge on any atom is 0.227 e. The van der Waals surface area contributed by atoms with Gasteiger partial charge in [0.25, 0.3) is 0 Å². The Bertz CT molecular complexity index is 693. The number of carbonyl (C=O) groups excluding carboxylic acids is 1. The van der Waals surface area contributed by atoms with E-state index < -0.39 is 0 Å². The van der Waals surface area contributed by atoms with E-state index in [0.717, 1.165) is 18.4 Å². The van der Waals surface area contributed by atoms with Crippen LogP contribution in [-0.2, 0) is 11.2 Å². The highest BCUT2D eigenvalue weighted by molar-refractivity contribution is 5.75. The van der Waals surface area contributed by atoms with E-state index in [0.29, 0.717) is 49.1 Å². The van der Waals surface area contributed by atoms with Gasteiger partial charge in [0, 0.05) is 37.0 Å². The van der Waals surface area contributed by atoms with Gasteiger partial charge in [-0.15, -0.1) is 0 Å². The monoisotopic (exact) mass is 357 g/mol. The van der Waals surface area contributed by atoms with Gasteiger partial charge >= 0.3 is 0 Å². The van der Waals surface area contributed by atoms with Crippen LogP contribution in [0.25, 0.3) is 11.4 Å². The molecule has 1 amide bonds. The summed E-state index contributed by atoms with van der Waals surface area (Å²) in [6.07, 6.45) is 2.88. The van der Waals surface area contributed by atoms with Crippen molar-refractivity contribution < 1.29 is 9.32 Å². The second-order valence-corrected chi connectivity index (χ2v) is 6.90. The summed E-state index contributed by atoms with van der Waals surface area (Å²) in [7, 11) is 0. The summed E-state index contributed by atoms with van der Waals surface area (Å²) in [6, 6.07) is 10.6. The lowest BCUT2D eigenvalue weighted by Crippen LogP contribution is -2.30. The maximum atomic E-state index is 12.0. The molecule has 1 fully saturated rings. The SMILES string of the molecule is CC1NNC(C)C1CCCNC(=O)CCc1nc(-c2ccccc2)no1. The number of nitrogens with zero attached hydrogens (tertiary/aromatic N) is 2. The van der Waals surface area contributed by atoms with Gasteiger partial charge in [-0.3, -0.25) is 15.6 Å². The first-order valence-electron chi connectivity index (χ1n) is 9.29. The number of carbonyl (C=O) groups is 1. The van der Waals surface area contributed by atoms with Crippen LogP contribution in [0.15, 0.2) is 34.9 Å². The largest absolute Gasteiger partial charge is 0.356 e. The molecule has 0 spiro atoms. The zero-order chi connectivity index (χ0) is 18.4. The molecule has 1 saturated heterocycles. The number of amides is 1. The van der Waals surface area contributed by atoms with Crippen molar-refractivity contribution in [3.63, 3.8) is 0 Å². The number of aryl methyl sites for hydroxylation is 1. The van der Waals surface area contributed by atoms with E-state index in [1.54, 1.807) is 0 Å². The minimum atomic E-state index is 0.0215. The van der Waals surface area contributed by atoms with E-state index in [1.807, 2.05) is 30.3 Å². The Morgan fingerprint density at radius 2 is 1.92 bits per heavy atom. The van der Waals surface area contributed by atoms with Gasteiger partial charge in [-0.2, -0.15) is 4.98 Å². The van der Waals surface area contributed by atoms with Crippen LogP contribution in [0.5, 0.6) is 0 Å². The predicted octanol–water partition coefficient (Wildman–Crippen LogP) is 2.07. The summed E-state index contributed by atoms with van der Waals surface area (Å²) in [6.45, 7) is 5.08. The Labute approximate surface area is 153 Å². The summed E-state index contributed by atoms with van der Waals surface area (Å²) in [5.74, 6) is 1.67. The molecule has 2 heterocycles. The lowest BCUT2D eigenvalue weighted by molar-refractivity contribution is -0.121. The van der Waals surface area contributed by atoms with Gasteiger partial charge in [-0.05, 0) is 32.6 Å². The molecule has 3 rings (SSSR count). The molecule has 0 saturated carbocycles. The van der Waals surface area contributed by atoms with E-state index in [4.69, 9.17) is 4.52 Å². The molecule has 7 nitrogen and oxygen atoms in total. The van der Waals surface area contributed by atoms with Gasteiger partial charge in [0.05, 0.1) is 0 Å². The van der Waals surface area contributed by atoms with Crippen molar-refractivity contribution in [2.45, 2.75) is 51.6 Å². The third-order valence-corrected chi connectivity index (χ3v) is 4.93. The molecule has 140 valence electrons. The number of hydrogen-bond donors (Lipinski definition) is 3. The average Bonchev–Trinajstić information content (AvgIpc) is 3.25. The first-order valence-corrected chi connectivity index (χ1v) is 9.29. The van der Waals surface area contributed by atoms with Crippen LogP contribution in [0, 0.1) is 5.92 Å². The van der Waals surface area contributed by atoms with Crippen LogP contribution in [0.2, 0.25) is 0 Å². The predicted molar refractivity (Wildman–Crippen MR) is 99.0 cm³/mol. The van der Waals surface area contributed by atoms with Crippen LogP contribution in [0.4, 0.5) is 0 Å². The molecule has 2 unspecified atom stereocenters. The van der Waals surface area contributed by atoms with Gasteiger partial charge in [0.15, 0.2) is 0 Å². The van der Waals surface area contributed by atoms with Crippen molar-refractivity contribution in [1.82, 2.24) is 26.3 Å². The molecular weight excluding hydrogens is 330 g/mol. The summed E-state index contributed by atoms with van der Waals surface area (Å²) >= 11 is 0. The van der Waals surface area contributed by atoms with Crippen molar-refractivity contribution in [1.29, 1.82) is 0 Å². The van der Waals surface area contributed by atoms with E-state index in [-0.39, 0.29) is 5.91 Å². The van der Waals surface area contributed by atoms with Crippen molar-refractivity contribution in [2.75, 3.05) is 6.54 Å². The fourth-order valence-corrected chi connectivity index (χ4v) is 3.35. The first kappa shape index (κ1) is 18.5. The molecule has 1 aliphatic heterocycles. The summed E-state index contributed by atoms with van der Waals surface area (Å²) in [5, 5.41) is 6.94. The zero-order valence-corrected chi connectivity index (χ0v) is 15.4. The molecule has 1 aliphatic rings. The number of nitrogens with one attached hydrogen (secondary N) is 3. The quantitative estimate of drug-likeness (QED) is 0.627. The molecule has 3 N–H and O–H groups in total. The highest BCUT2D eigenvalue weighted by atomic mass is 16.5. The molecule has 0 aliphatic carbocycles. The second-order valence-electron chi connectivity index (χ2n) is 6.90. The number of hydrogen-bond acceptors (Lipinski definition) is 6. The number of hydrazine groups is 1. The summed E-state index contributed by atoms with van der Waals surface area (Å²) < 4.78 is 5.23. The highest BCUT2D eigenvalue weighted by Crippen LogP contribution is 2.19. The van der Waals surface area contributed by atoms with Gasteiger partial charge in [-0.25, -0.2) is 0 Å². The first-order chi connectivity index (χ1) is 12.6. The zero-order valence-electron chi connectivity index (χ0n) is 15.4. The van der Waals surface area contributed by atoms with Gasteiger partial charge in [-0.1, -0.05) is 35.5 Å². The summed E-state index contributed by atoms with van der Waals surface area (Å²) in [4.78, 5) is 16.3. The molecule has 26 heavy (non-hydrogen) atoms. The number of aromatic nitrogens is 2. The number of rotatable bonds is 8. The minimum Gasteiger partial charge on any atom is -0.356 e. The van der Waals surface area contributed by atoms with Crippen molar-refractivity contribution in [2.24, 2.45) is 5.92 Å². The van der Waals surface area contributed by atoms with Crippen LogP contribution < -0.4 is 16.2 Å². The molecule has 2 atom stereocenters. The third-order valence-electron chi connectivity index (χ3n) is 4.93. The Hall–Kier alpha value is -2.25. The molecule has 0 radical (unpaired) electrons. The Balaban J connectivity index is 1.35. The van der Waals surface area contributed by atoms with Crippen LogP contribution in [0.1, 0.15) is 39.0 Å². The van der Waals surface area contributed by atoms with Gasteiger partial charge in [0.2, 0.25) is 17.6 Å². The topological polar surface area (TPSA) is 92.1 Å². The average molecular weight is 357 g/mol. The molecule has 1 aromatic carbocycles. The molecule has 0 bridgehead atoms. The summed E-state index contributed by atoms with van der Waals surface area (Å²) in [5.41, 5.74) is 7.43. The minimum absolute atomic E-state index is 0.0215. The molecule has 1 aromatic heterocycles. The smallest absolute Gasteiger partial charge is 0.227 e. The Morgan fingerprint density at radius 3 is 2.65 bits per heavy atom. The van der Waals surface area contributed by atoms with Crippen LogP contribution in [0.3, 0.4) is 0 Å². The van der Waals surface area contributed by atoms with E-state index >= 15 is 0 Å². The van der Waals surface area contributed by atoms with Crippen LogP contribution >= 0.6 is 0 Å². The lowest BCUT2D eigenvalue weighted by atomic mass is 9.92. The lowest BCUT2D eigenvalue weighted by Gasteiger charge is -2.17. The Morgan fingerprint density at radius 1 is 1.19 bits per heavy atom. The van der Waals surface area contributed by atoms with Crippen molar-refractivity contribution >= 4 is 5.91 Å². The van der Waals surface area contributed by atoms with E-state index in [9.17, 15) is 4.79 Å². The Kier molecular flexibility index (Phi) is 6.35. The normalized spacial score (nSPS) is 22.5. The highest BCUT2D eigenvalue weighted by Gasteiger charge is 2.28. The molecular formula is C19H27N5O2. The van der Waals surface area contributed by atoms with E-state index in [2.05, 4.69) is 40.2 Å².